The van der Waals surface area contributed by atoms with Crippen molar-refractivity contribution < 1.29 is 9.47 Å². The molecule has 2 heterocycles. The molecule has 100 valence electrons. The Hall–Kier alpha value is -2.08. The quantitative estimate of drug-likeness (QED) is 0.901. The first kappa shape index (κ1) is 12.0. The van der Waals surface area contributed by atoms with Crippen LogP contribution in [0.3, 0.4) is 0 Å². The molecule has 2 aromatic rings. The lowest BCUT2D eigenvalue weighted by Crippen LogP contribution is -2.19. The third-order valence-corrected chi connectivity index (χ3v) is 3.16. The largest absolute Gasteiger partial charge is 0.454 e. The van der Waals surface area contributed by atoms with Crippen LogP contribution in [0.4, 0.5) is 0 Å². The molecule has 2 N–H and O–H groups in total. The number of nitrogens with zero attached hydrogens (tertiary/aromatic N) is 3. The first-order valence-electron chi connectivity index (χ1n) is 6.16. The van der Waals surface area contributed by atoms with Crippen molar-refractivity contribution in [1.29, 1.82) is 0 Å². The lowest BCUT2D eigenvalue weighted by atomic mass is 10.1. The first-order valence-corrected chi connectivity index (χ1v) is 6.16. The highest BCUT2D eigenvalue weighted by molar-refractivity contribution is 5.45. The zero-order chi connectivity index (χ0) is 13.4. The van der Waals surface area contributed by atoms with E-state index in [0.717, 1.165) is 28.7 Å². The maximum atomic E-state index is 6.21. The van der Waals surface area contributed by atoms with Gasteiger partial charge in [-0.25, -0.2) is 9.67 Å². The number of benzene rings is 1. The van der Waals surface area contributed by atoms with Gasteiger partial charge in [0, 0.05) is 6.04 Å². The second kappa shape index (κ2) is 4.55. The van der Waals surface area contributed by atoms with Gasteiger partial charge in [-0.15, -0.1) is 0 Å². The standard InChI is InChI=1S/C13H16N4O2/c1-8-15-9(2)17(16-8)6-11(14)10-3-4-12-13(5-10)19-7-18-12/h3-5,11H,6-7,14H2,1-2H3. The minimum Gasteiger partial charge on any atom is -0.454 e. The van der Waals surface area contributed by atoms with Gasteiger partial charge < -0.3 is 15.2 Å². The fourth-order valence-electron chi connectivity index (χ4n) is 2.17. The Morgan fingerprint density at radius 2 is 2.11 bits per heavy atom. The zero-order valence-corrected chi connectivity index (χ0v) is 11.0. The van der Waals surface area contributed by atoms with E-state index in [-0.39, 0.29) is 12.8 Å². The lowest BCUT2D eigenvalue weighted by molar-refractivity contribution is 0.174. The number of fused-ring (bicyclic) bond motifs is 1. The predicted octanol–water partition coefficient (Wildman–Crippen LogP) is 1.32. The fourth-order valence-corrected chi connectivity index (χ4v) is 2.17. The van der Waals surface area contributed by atoms with Gasteiger partial charge in [0.15, 0.2) is 11.5 Å². The van der Waals surface area contributed by atoms with Gasteiger partial charge in [0.2, 0.25) is 6.79 Å². The molecule has 0 amide bonds. The molecule has 1 aliphatic heterocycles. The van der Waals surface area contributed by atoms with Gasteiger partial charge >= 0.3 is 0 Å². The van der Waals surface area contributed by atoms with Crippen LogP contribution in [0.15, 0.2) is 18.2 Å². The second-order valence-corrected chi connectivity index (χ2v) is 4.61. The van der Waals surface area contributed by atoms with Gasteiger partial charge in [0.1, 0.15) is 11.6 Å². The smallest absolute Gasteiger partial charge is 0.231 e. The molecule has 0 aliphatic carbocycles. The van der Waals surface area contributed by atoms with E-state index in [0.29, 0.717) is 6.54 Å². The molecule has 1 atom stereocenters. The number of aromatic nitrogens is 3. The number of nitrogens with two attached hydrogens (primary N) is 1. The van der Waals surface area contributed by atoms with Gasteiger partial charge in [-0.2, -0.15) is 5.10 Å². The normalized spacial score (nSPS) is 14.7. The number of rotatable bonds is 3. The molecule has 1 unspecified atom stereocenters. The molecular formula is C13H16N4O2. The van der Waals surface area contributed by atoms with Crippen molar-refractivity contribution in [1.82, 2.24) is 14.8 Å². The summed E-state index contributed by atoms with van der Waals surface area (Å²) in [4.78, 5) is 4.27. The molecule has 0 saturated heterocycles. The van der Waals surface area contributed by atoms with Crippen LogP contribution in [0.5, 0.6) is 11.5 Å². The van der Waals surface area contributed by atoms with E-state index >= 15 is 0 Å². The van der Waals surface area contributed by atoms with Crippen LogP contribution >= 0.6 is 0 Å². The van der Waals surface area contributed by atoms with Crippen molar-refractivity contribution in [3.05, 3.63) is 35.4 Å². The number of hydrogen-bond donors (Lipinski definition) is 1. The summed E-state index contributed by atoms with van der Waals surface area (Å²) in [6, 6.07) is 5.61. The Morgan fingerprint density at radius 3 is 2.84 bits per heavy atom. The molecule has 6 nitrogen and oxygen atoms in total. The Labute approximate surface area is 111 Å². The average molecular weight is 260 g/mol. The molecule has 1 aliphatic rings. The van der Waals surface area contributed by atoms with Crippen molar-refractivity contribution in [2.24, 2.45) is 5.73 Å². The minimum atomic E-state index is -0.158. The van der Waals surface area contributed by atoms with E-state index in [4.69, 9.17) is 15.2 Å². The van der Waals surface area contributed by atoms with Gasteiger partial charge in [-0.05, 0) is 31.5 Å². The molecule has 3 rings (SSSR count). The van der Waals surface area contributed by atoms with Crippen molar-refractivity contribution in [2.45, 2.75) is 26.4 Å². The molecule has 1 aromatic heterocycles. The summed E-state index contributed by atoms with van der Waals surface area (Å²) in [5, 5.41) is 4.32. The SMILES string of the molecule is Cc1nc(C)n(CC(N)c2ccc3c(c2)OCO3)n1. The molecular weight excluding hydrogens is 244 g/mol. The lowest BCUT2D eigenvalue weighted by Gasteiger charge is -2.13. The number of aryl methyl sites for hydroxylation is 2. The Morgan fingerprint density at radius 1 is 1.32 bits per heavy atom. The van der Waals surface area contributed by atoms with Crippen LogP contribution in [0.25, 0.3) is 0 Å². The summed E-state index contributed by atoms with van der Waals surface area (Å²) in [5.41, 5.74) is 7.21. The highest BCUT2D eigenvalue weighted by atomic mass is 16.7. The molecule has 1 aromatic carbocycles. The third-order valence-electron chi connectivity index (χ3n) is 3.16. The Bertz CT molecular complexity index is 609. The van der Waals surface area contributed by atoms with Gasteiger partial charge in [-0.3, -0.25) is 0 Å². The maximum absolute atomic E-state index is 6.21. The Kier molecular flexibility index (Phi) is 2.87. The summed E-state index contributed by atoms with van der Waals surface area (Å²) >= 11 is 0. The molecule has 0 saturated carbocycles. The molecule has 6 heteroatoms. The fraction of sp³-hybridized carbons (Fsp3) is 0.385. The molecule has 0 bridgehead atoms. The second-order valence-electron chi connectivity index (χ2n) is 4.61. The van der Waals surface area contributed by atoms with E-state index in [1.54, 1.807) is 0 Å². The van der Waals surface area contributed by atoms with E-state index in [2.05, 4.69) is 10.1 Å². The van der Waals surface area contributed by atoms with Crippen molar-refractivity contribution in [2.75, 3.05) is 6.79 Å². The zero-order valence-electron chi connectivity index (χ0n) is 11.0. The van der Waals surface area contributed by atoms with Crippen LogP contribution in [-0.4, -0.2) is 21.6 Å². The summed E-state index contributed by atoms with van der Waals surface area (Å²) in [6.45, 7) is 4.66. The highest BCUT2D eigenvalue weighted by Crippen LogP contribution is 2.34. The van der Waals surface area contributed by atoms with Crippen molar-refractivity contribution in [3.63, 3.8) is 0 Å². The minimum absolute atomic E-state index is 0.158. The number of ether oxygens (including phenoxy) is 2. The highest BCUT2D eigenvalue weighted by Gasteiger charge is 2.17. The van der Waals surface area contributed by atoms with Crippen molar-refractivity contribution >= 4 is 0 Å². The van der Waals surface area contributed by atoms with E-state index in [9.17, 15) is 0 Å². The van der Waals surface area contributed by atoms with Crippen LogP contribution in [0.1, 0.15) is 23.3 Å². The summed E-state index contributed by atoms with van der Waals surface area (Å²) in [6.07, 6.45) is 0. The van der Waals surface area contributed by atoms with E-state index in [1.165, 1.54) is 0 Å². The summed E-state index contributed by atoms with van der Waals surface area (Å²) in [7, 11) is 0. The van der Waals surface area contributed by atoms with E-state index < -0.39 is 0 Å². The average Bonchev–Trinajstić information content (AvgIpc) is 2.95. The van der Waals surface area contributed by atoms with E-state index in [1.807, 2.05) is 36.7 Å². The number of hydrogen-bond acceptors (Lipinski definition) is 5. The Balaban J connectivity index is 1.80. The molecule has 0 spiro atoms. The molecule has 0 radical (unpaired) electrons. The monoisotopic (exact) mass is 260 g/mol. The van der Waals surface area contributed by atoms with Crippen LogP contribution in [0.2, 0.25) is 0 Å². The van der Waals surface area contributed by atoms with Crippen LogP contribution in [-0.2, 0) is 6.54 Å². The summed E-state index contributed by atoms with van der Waals surface area (Å²) in [5.74, 6) is 3.15. The van der Waals surface area contributed by atoms with Crippen molar-refractivity contribution in [3.8, 4) is 11.5 Å². The summed E-state index contributed by atoms with van der Waals surface area (Å²) < 4.78 is 12.5. The molecule has 19 heavy (non-hydrogen) atoms. The van der Waals surface area contributed by atoms with Gasteiger partial charge in [-0.1, -0.05) is 6.07 Å². The third kappa shape index (κ3) is 2.26. The van der Waals surface area contributed by atoms with Crippen LogP contribution < -0.4 is 15.2 Å². The first-order chi connectivity index (χ1) is 9.13. The van der Waals surface area contributed by atoms with Gasteiger partial charge in [0.25, 0.3) is 0 Å². The van der Waals surface area contributed by atoms with Gasteiger partial charge in [0.05, 0.1) is 6.54 Å². The van der Waals surface area contributed by atoms with Crippen LogP contribution in [0, 0.1) is 13.8 Å². The molecule has 0 fully saturated rings. The topological polar surface area (TPSA) is 75.2 Å². The predicted molar refractivity (Wildman–Crippen MR) is 69.0 cm³/mol. The maximum Gasteiger partial charge on any atom is 0.231 e.